The predicted octanol–water partition coefficient (Wildman–Crippen LogP) is 2.05. The molecule has 0 saturated carbocycles. The van der Waals surface area contributed by atoms with E-state index in [1.54, 1.807) is 6.20 Å². The monoisotopic (exact) mass is 229 g/mol. The van der Waals surface area contributed by atoms with Gasteiger partial charge in [0, 0.05) is 11.6 Å². The minimum Gasteiger partial charge on any atom is -0.319 e. The first-order valence-corrected chi connectivity index (χ1v) is 5.61. The second-order valence-electron chi connectivity index (χ2n) is 3.27. The van der Waals surface area contributed by atoms with Crippen molar-refractivity contribution in [3.63, 3.8) is 0 Å². The van der Waals surface area contributed by atoms with Crippen LogP contribution >= 0.6 is 11.3 Å². The van der Waals surface area contributed by atoms with Crippen molar-refractivity contribution in [2.45, 2.75) is 0 Å². The summed E-state index contributed by atoms with van der Waals surface area (Å²) in [5.74, 6) is 0. The fourth-order valence-electron chi connectivity index (χ4n) is 1.51. The van der Waals surface area contributed by atoms with Gasteiger partial charge in [-0.05, 0) is 12.1 Å². The fourth-order valence-corrected chi connectivity index (χ4v) is 2.14. The van der Waals surface area contributed by atoms with Gasteiger partial charge >= 0.3 is 0 Å². The molecule has 2 heterocycles. The molecule has 4 nitrogen and oxygen atoms in total. The standard InChI is InChI=1S/C11H7N3OS/c15-10-9(11-12-5-6-16-11)13-7-3-1-2-4-8(7)14-10/h1-6H,(H,14,15). The number of rotatable bonds is 1. The molecule has 0 aliphatic heterocycles. The zero-order valence-corrected chi connectivity index (χ0v) is 8.99. The molecule has 0 bridgehead atoms. The molecule has 0 unspecified atom stereocenters. The van der Waals surface area contributed by atoms with Gasteiger partial charge in [-0.3, -0.25) is 4.79 Å². The van der Waals surface area contributed by atoms with E-state index in [1.165, 1.54) is 11.3 Å². The Morgan fingerprint density at radius 3 is 2.94 bits per heavy atom. The summed E-state index contributed by atoms with van der Waals surface area (Å²) in [5.41, 5.74) is 1.70. The lowest BCUT2D eigenvalue weighted by atomic mass is 10.3. The summed E-state index contributed by atoms with van der Waals surface area (Å²) in [5, 5.41) is 2.47. The lowest BCUT2D eigenvalue weighted by Gasteiger charge is -1.98. The number of aromatic nitrogens is 3. The van der Waals surface area contributed by atoms with Gasteiger partial charge in [0.2, 0.25) is 0 Å². The number of nitrogens with one attached hydrogen (secondary N) is 1. The third-order valence-corrected chi connectivity index (χ3v) is 3.01. The van der Waals surface area contributed by atoms with Crippen LogP contribution in [0.2, 0.25) is 0 Å². The number of aromatic amines is 1. The summed E-state index contributed by atoms with van der Waals surface area (Å²) >= 11 is 1.41. The van der Waals surface area contributed by atoms with Crippen LogP contribution in [-0.2, 0) is 0 Å². The van der Waals surface area contributed by atoms with Gasteiger partial charge in [-0.2, -0.15) is 0 Å². The molecule has 3 rings (SSSR count). The van der Waals surface area contributed by atoms with E-state index in [0.717, 1.165) is 11.0 Å². The number of nitrogens with zero attached hydrogens (tertiary/aromatic N) is 2. The lowest BCUT2D eigenvalue weighted by Crippen LogP contribution is -2.11. The molecule has 0 radical (unpaired) electrons. The smallest absolute Gasteiger partial charge is 0.277 e. The Morgan fingerprint density at radius 1 is 1.25 bits per heavy atom. The molecular formula is C11H7N3OS. The minimum absolute atomic E-state index is 0.200. The molecule has 0 atom stereocenters. The highest BCUT2D eigenvalue weighted by Gasteiger charge is 2.08. The van der Waals surface area contributed by atoms with E-state index in [1.807, 2.05) is 29.6 Å². The second kappa shape index (κ2) is 3.53. The van der Waals surface area contributed by atoms with Crippen LogP contribution in [0.3, 0.4) is 0 Å². The van der Waals surface area contributed by atoms with E-state index >= 15 is 0 Å². The Bertz CT molecular complexity index is 688. The van der Waals surface area contributed by atoms with Gasteiger partial charge in [0.25, 0.3) is 5.56 Å². The van der Waals surface area contributed by atoms with E-state index in [2.05, 4.69) is 15.0 Å². The predicted molar refractivity (Wildman–Crippen MR) is 63.5 cm³/mol. The molecule has 1 aromatic carbocycles. The fraction of sp³-hybridized carbons (Fsp3) is 0. The van der Waals surface area contributed by atoms with Crippen molar-refractivity contribution in [1.82, 2.24) is 15.0 Å². The van der Waals surface area contributed by atoms with Crippen molar-refractivity contribution in [2.24, 2.45) is 0 Å². The zero-order valence-electron chi connectivity index (χ0n) is 8.18. The largest absolute Gasteiger partial charge is 0.319 e. The lowest BCUT2D eigenvalue weighted by molar-refractivity contribution is 1.21. The second-order valence-corrected chi connectivity index (χ2v) is 4.16. The first-order chi connectivity index (χ1) is 7.84. The molecule has 5 heteroatoms. The molecule has 78 valence electrons. The number of thiazole rings is 1. The molecule has 0 spiro atoms. The quantitative estimate of drug-likeness (QED) is 0.694. The molecule has 1 N–H and O–H groups in total. The van der Waals surface area contributed by atoms with Crippen molar-refractivity contribution in [3.05, 3.63) is 46.2 Å². The average molecular weight is 229 g/mol. The Hall–Kier alpha value is -2.01. The van der Waals surface area contributed by atoms with Crippen molar-refractivity contribution in [1.29, 1.82) is 0 Å². The number of hydrogen-bond acceptors (Lipinski definition) is 4. The molecule has 16 heavy (non-hydrogen) atoms. The van der Waals surface area contributed by atoms with Gasteiger partial charge in [-0.25, -0.2) is 9.97 Å². The van der Waals surface area contributed by atoms with E-state index in [0.29, 0.717) is 10.7 Å². The molecule has 0 fully saturated rings. The summed E-state index contributed by atoms with van der Waals surface area (Å²) in [4.78, 5) is 23.0. The molecule has 0 amide bonds. The Morgan fingerprint density at radius 2 is 2.12 bits per heavy atom. The first kappa shape index (κ1) is 9.23. The Kier molecular flexibility index (Phi) is 2.04. The normalized spacial score (nSPS) is 10.8. The van der Waals surface area contributed by atoms with Crippen LogP contribution in [-0.4, -0.2) is 15.0 Å². The van der Waals surface area contributed by atoms with Gasteiger partial charge in [0.15, 0.2) is 5.69 Å². The van der Waals surface area contributed by atoms with E-state index in [-0.39, 0.29) is 5.56 Å². The maximum absolute atomic E-state index is 11.8. The highest BCUT2D eigenvalue weighted by atomic mass is 32.1. The van der Waals surface area contributed by atoms with Gasteiger partial charge in [-0.1, -0.05) is 12.1 Å². The van der Waals surface area contributed by atoms with Crippen molar-refractivity contribution in [3.8, 4) is 10.7 Å². The summed E-state index contributed by atoms with van der Waals surface area (Å²) in [7, 11) is 0. The van der Waals surface area contributed by atoms with Gasteiger partial charge in [0.05, 0.1) is 11.0 Å². The molecule has 0 aliphatic rings. The maximum Gasteiger partial charge on any atom is 0.277 e. The van der Waals surface area contributed by atoms with Crippen LogP contribution in [0, 0.1) is 0 Å². The van der Waals surface area contributed by atoms with Crippen LogP contribution < -0.4 is 5.56 Å². The zero-order chi connectivity index (χ0) is 11.0. The third-order valence-electron chi connectivity index (χ3n) is 2.23. The topological polar surface area (TPSA) is 58.6 Å². The molecule has 0 aliphatic carbocycles. The number of fused-ring (bicyclic) bond motifs is 1. The maximum atomic E-state index is 11.8. The summed E-state index contributed by atoms with van der Waals surface area (Å²) in [6, 6.07) is 7.44. The summed E-state index contributed by atoms with van der Waals surface area (Å²) < 4.78 is 0. The Labute approximate surface area is 94.6 Å². The number of hydrogen-bond donors (Lipinski definition) is 1. The SMILES string of the molecule is O=c1[nH]c2ccccc2nc1-c1nccs1. The summed E-state index contributed by atoms with van der Waals surface area (Å²) in [6.07, 6.45) is 1.66. The average Bonchev–Trinajstić information content (AvgIpc) is 2.81. The number of para-hydroxylation sites is 2. The first-order valence-electron chi connectivity index (χ1n) is 4.73. The van der Waals surface area contributed by atoms with E-state index < -0.39 is 0 Å². The highest BCUT2D eigenvalue weighted by molar-refractivity contribution is 7.13. The van der Waals surface area contributed by atoms with Gasteiger partial charge in [-0.15, -0.1) is 11.3 Å². The van der Waals surface area contributed by atoms with Crippen LogP contribution in [0.4, 0.5) is 0 Å². The van der Waals surface area contributed by atoms with Gasteiger partial charge < -0.3 is 4.98 Å². The van der Waals surface area contributed by atoms with Crippen LogP contribution in [0.5, 0.6) is 0 Å². The Balaban J connectivity index is 2.34. The van der Waals surface area contributed by atoms with Crippen LogP contribution in [0.1, 0.15) is 0 Å². The highest BCUT2D eigenvalue weighted by Crippen LogP contribution is 2.17. The number of benzene rings is 1. The van der Waals surface area contributed by atoms with Crippen molar-refractivity contribution < 1.29 is 0 Å². The summed E-state index contributed by atoms with van der Waals surface area (Å²) in [6.45, 7) is 0. The van der Waals surface area contributed by atoms with Crippen LogP contribution in [0.25, 0.3) is 21.7 Å². The number of H-pyrrole nitrogens is 1. The van der Waals surface area contributed by atoms with Crippen molar-refractivity contribution >= 4 is 22.4 Å². The molecular weight excluding hydrogens is 222 g/mol. The van der Waals surface area contributed by atoms with Gasteiger partial charge in [0.1, 0.15) is 5.01 Å². The third kappa shape index (κ3) is 1.42. The van der Waals surface area contributed by atoms with Crippen molar-refractivity contribution in [2.75, 3.05) is 0 Å². The molecule has 3 aromatic rings. The minimum atomic E-state index is -0.200. The molecule has 0 saturated heterocycles. The van der Waals surface area contributed by atoms with E-state index in [4.69, 9.17) is 0 Å². The van der Waals surface area contributed by atoms with Crippen LogP contribution in [0.15, 0.2) is 40.6 Å². The molecule has 2 aromatic heterocycles. The van der Waals surface area contributed by atoms with E-state index in [9.17, 15) is 4.79 Å².